The molecule has 37 heavy (non-hydrogen) atoms. The summed E-state index contributed by atoms with van der Waals surface area (Å²) in [5.74, 6) is 0.464. The Morgan fingerprint density at radius 3 is 2.46 bits per heavy atom. The summed E-state index contributed by atoms with van der Waals surface area (Å²) in [6.07, 6.45) is 7.22. The number of fused-ring (bicyclic) bond motifs is 2. The molecule has 1 saturated heterocycles. The number of hydrogen-bond donors (Lipinski definition) is 1. The van der Waals surface area contributed by atoms with E-state index in [0.29, 0.717) is 23.4 Å². The molecule has 0 atom stereocenters. The van der Waals surface area contributed by atoms with Crippen molar-refractivity contribution < 1.29 is 9.59 Å². The fourth-order valence-corrected chi connectivity index (χ4v) is 5.25. The highest BCUT2D eigenvalue weighted by Crippen LogP contribution is 2.29. The largest absolute Gasteiger partial charge is 0.356 e. The van der Waals surface area contributed by atoms with Crippen LogP contribution in [0, 0.1) is 0 Å². The van der Waals surface area contributed by atoms with Crippen molar-refractivity contribution >= 4 is 29.0 Å². The van der Waals surface area contributed by atoms with Crippen LogP contribution < -0.4 is 15.1 Å². The van der Waals surface area contributed by atoms with Crippen LogP contribution in [0.15, 0.2) is 85.2 Å². The third-order valence-corrected chi connectivity index (χ3v) is 7.19. The molecule has 2 amide bonds. The van der Waals surface area contributed by atoms with Crippen LogP contribution >= 0.6 is 0 Å². The molecule has 7 nitrogen and oxygen atoms in total. The molecule has 4 aromatic rings. The zero-order valence-corrected chi connectivity index (χ0v) is 20.6. The lowest BCUT2D eigenvalue weighted by Gasteiger charge is -2.29. The third kappa shape index (κ3) is 4.60. The number of pyridine rings is 1. The summed E-state index contributed by atoms with van der Waals surface area (Å²) in [6.45, 7) is 3.07. The van der Waals surface area contributed by atoms with Crippen LogP contribution in [0.2, 0.25) is 0 Å². The molecule has 0 radical (unpaired) electrons. The van der Waals surface area contributed by atoms with Gasteiger partial charge in [0.05, 0.1) is 12.1 Å². The van der Waals surface area contributed by atoms with Crippen LogP contribution in [0.3, 0.4) is 0 Å². The van der Waals surface area contributed by atoms with Gasteiger partial charge in [-0.3, -0.25) is 9.59 Å². The summed E-state index contributed by atoms with van der Waals surface area (Å²) in [7, 11) is 0. The van der Waals surface area contributed by atoms with Gasteiger partial charge in [-0.25, -0.2) is 4.98 Å². The second-order valence-electron chi connectivity index (χ2n) is 9.60. The average molecular weight is 492 g/mol. The summed E-state index contributed by atoms with van der Waals surface area (Å²) in [5, 5.41) is 2.98. The highest BCUT2D eigenvalue weighted by Gasteiger charge is 2.25. The lowest BCUT2D eigenvalue weighted by molar-refractivity contribution is 0.0983. The predicted octanol–water partition coefficient (Wildman–Crippen LogP) is 5.33. The molecule has 1 fully saturated rings. The van der Waals surface area contributed by atoms with E-state index in [1.165, 1.54) is 6.42 Å². The predicted molar refractivity (Wildman–Crippen MR) is 145 cm³/mol. The maximum absolute atomic E-state index is 13.6. The SMILES string of the molecule is O=C(Nc1ccc(C(=O)N2Cc3cccn3Cc3ccccc32)cc1)c1cccnc1N1CCCCC1. The minimum absolute atomic E-state index is 0.0698. The molecule has 0 spiro atoms. The lowest BCUT2D eigenvalue weighted by Crippen LogP contribution is -2.32. The first-order chi connectivity index (χ1) is 18.2. The molecule has 0 unspecified atom stereocenters. The number of carbonyl (C=O) groups is 2. The molecule has 2 aliphatic heterocycles. The van der Waals surface area contributed by atoms with Gasteiger partial charge >= 0.3 is 0 Å². The molecule has 2 aromatic carbocycles. The second-order valence-corrected chi connectivity index (χ2v) is 9.60. The molecule has 7 heteroatoms. The van der Waals surface area contributed by atoms with E-state index in [2.05, 4.69) is 38.1 Å². The van der Waals surface area contributed by atoms with Crippen molar-refractivity contribution in [3.8, 4) is 0 Å². The van der Waals surface area contributed by atoms with Gasteiger partial charge in [-0.2, -0.15) is 0 Å². The quantitative estimate of drug-likeness (QED) is 0.419. The summed E-state index contributed by atoms with van der Waals surface area (Å²) in [5.41, 5.74) is 4.90. The number of piperidine rings is 1. The first-order valence-corrected chi connectivity index (χ1v) is 12.8. The lowest BCUT2D eigenvalue weighted by atomic mass is 10.1. The Labute approximate surface area is 216 Å². The third-order valence-electron chi connectivity index (χ3n) is 7.19. The molecule has 0 aliphatic carbocycles. The number of nitrogens with zero attached hydrogens (tertiary/aromatic N) is 4. The maximum Gasteiger partial charge on any atom is 0.259 e. The van der Waals surface area contributed by atoms with E-state index in [1.807, 2.05) is 35.2 Å². The Kier molecular flexibility index (Phi) is 6.18. The minimum Gasteiger partial charge on any atom is -0.356 e. The summed E-state index contributed by atoms with van der Waals surface area (Å²) >= 11 is 0. The van der Waals surface area contributed by atoms with E-state index in [9.17, 15) is 9.59 Å². The van der Waals surface area contributed by atoms with Crippen LogP contribution in [0.25, 0.3) is 0 Å². The standard InChI is InChI=1S/C30H29N5O2/c36-29(26-10-6-16-31-28(26)33-17-4-1-5-18-33)32-24-14-12-22(13-15-24)30(37)35-21-25-9-7-19-34(25)20-23-8-2-3-11-27(23)35/h2-3,6-16,19H,1,4-5,17-18,20-21H2,(H,32,36). The van der Waals surface area contributed by atoms with Crippen LogP contribution in [0.4, 0.5) is 17.2 Å². The van der Waals surface area contributed by atoms with Gasteiger partial charge in [0.1, 0.15) is 5.82 Å². The average Bonchev–Trinajstić information content (AvgIpc) is 3.32. The van der Waals surface area contributed by atoms with E-state index in [-0.39, 0.29) is 11.8 Å². The Morgan fingerprint density at radius 2 is 1.62 bits per heavy atom. The van der Waals surface area contributed by atoms with Gasteiger partial charge in [-0.05, 0) is 79.4 Å². The van der Waals surface area contributed by atoms with Crippen molar-refractivity contribution in [2.45, 2.75) is 32.4 Å². The topological polar surface area (TPSA) is 70.5 Å². The number of nitrogens with one attached hydrogen (secondary N) is 1. The summed E-state index contributed by atoms with van der Waals surface area (Å²) in [4.78, 5) is 35.3. The molecule has 2 aliphatic rings. The summed E-state index contributed by atoms with van der Waals surface area (Å²) < 4.78 is 2.18. The monoisotopic (exact) mass is 491 g/mol. The van der Waals surface area contributed by atoms with Crippen molar-refractivity contribution in [2.24, 2.45) is 0 Å². The number of para-hydroxylation sites is 1. The molecular weight excluding hydrogens is 462 g/mol. The highest BCUT2D eigenvalue weighted by molar-refractivity contribution is 6.09. The zero-order chi connectivity index (χ0) is 25.2. The normalized spacial score (nSPS) is 14.9. The van der Waals surface area contributed by atoms with Crippen LogP contribution in [0.5, 0.6) is 0 Å². The van der Waals surface area contributed by atoms with Gasteiger partial charge in [0.15, 0.2) is 0 Å². The van der Waals surface area contributed by atoms with Gasteiger partial charge in [-0.15, -0.1) is 0 Å². The van der Waals surface area contributed by atoms with E-state index in [0.717, 1.165) is 55.2 Å². The highest BCUT2D eigenvalue weighted by atomic mass is 16.2. The fourth-order valence-electron chi connectivity index (χ4n) is 5.25. The molecule has 1 N–H and O–H groups in total. The molecule has 4 heterocycles. The van der Waals surface area contributed by atoms with Crippen LogP contribution in [-0.2, 0) is 13.1 Å². The first-order valence-electron chi connectivity index (χ1n) is 12.8. The van der Waals surface area contributed by atoms with Crippen molar-refractivity contribution in [3.63, 3.8) is 0 Å². The Morgan fingerprint density at radius 1 is 0.811 bits per heavy atom. The number of rotatable bonds is 4. The van der Waals surface area contributed by atoms with E-state index in [1.54, 1.807) is 36.5 Å². The molecular formula is C30H29N5O2. The molecule has 6 rings (SSSR count). The van der Waals surface area contributed by atoms with Gasteiger partial charge < -0.3 is 19.7 Å². The van der Waals surface area contributed by atoms with Crippen LogP contribution in [0.1, 0.15) is 51.2 Å². The molecule has 0 saturated carbocycles. The first kappa shape index (κ1) is 23.0. The minimum atomic E-state index is -0.199. The molecule has 186 valence electrons. The second kappa shape index (κ2) is 9.93. The van der Waals surface area contributed by atoms with E-state index in [4.69, 9.17) is 0 Å². The Bertz CT molecular complexity index is 1440. The van der Waals surface area contributed by atoms with Gasteiger partial charge in [0.2, 0.25) is 0 Å². The molecule has 2 aromatic heterocycles. The van der Waals surface area contributed by atoms with Crippen molar-refractivity contribution in [1.29, 1.82) is 0 Å². The zero-order valence-electron chi connectivity index (χ0n) is 20.6. The van der Waals surface area contributed by atoms with Gasteiger partial charge in [-0.1, -0.05) is 18.2 Å². The Balaban J connectivity index is 1.21. The van der Waals surface area contributed by atoms with E-state index < -0.39 is 0 Å². The number of amides is 2. The maximum atomic E-state index is 13.6. The van der Waals surface area contributed by atoms with Crippen molar-refractivity contribution in [3.05, 3.63) is 108 Å². The Hall–Kier alpha value is -4.39. The van der Waals surface area contributed by atoms with Gasteiger partial charge in [0, 0.05) is 54.7 Å². The summed E-state index contributed by atoms with van der Waals surface area (Å²) in [6, 6.07) is 22.9. The smallest absolute Gasteiger partial charge is 0.259 e. The van der Waals surface area contributed by atoms with E-state index >= 15 is 0 Å². The number of aromatic nitrogens is 2. The fraction of sp³-hybridized carbons (Fsp3) is 0.233. The van der Waals surface area contributed by atoms with Gasteiger partial charge in [0.25, 0.3) is 11.8 Å². The number of benzene rings is 2. The number of hydrogen-bond acceptors (Lipinski definition) is 4. The van der Waals surface area contributed by atoms with Crippen LogP contribution in [-0.4, -0.2) is 34.5 Å². The van der Waals surface area contributed by atoms with Crippen molar-refractivity contribution in [2.75, 3.05) is 28.2 Å². The molecule has 0 bridgehead atoms. The number of carbonyl (C=O) groups excluding carboxylic acids is 2. The number of anilines is 3. The van der Waals surface area contributed by atoms with Crippen molar-refractivity contribution in [1.82, 2.24) is 9.55 Å².